The van der Waals surface area contributed by atoms with Gasteiger partial charge in [-0.15, -0.1) is 0 Å². The number of halogens is 1. The third kappa shape index (κ3) is 5.83. The Labute approximate surface area is 214 Å². The molecule has 10 heteroatoms. The fourth-order valence-corrected chi connectivity index (χ4v) is 4.87. The molecule has 4 rings (SSSR count). The minimum Gasteiger partial charge on any atom is -0.454 e. The number of amides is 2. The van der Waals surface area contributed by atoms with E-state index < -0.39 is 17.8 Å². The van der Waals surface area contributed by atoms with Crippen molar-refractivity contribution in [2.75, 3.05) is 11.5 Å². The largest absolute Gasteiger partial charge is 0.454 e. The van der Waals surface area contributed by atoms with E-state index in [1.54, 1.807) is 24.3 Å². The Morgan fingerprint density at radius 2 is 1.60 bits per heavy atom. The molecule has 2 amide bonds. The number of ketones is 1. The average Bonchev–Trinajstić information content (AvgIpc) is 3.09. The van der Waals surface area contributed by atoms with Gasteiger partial charge < -0.3 is 4.74 Å². The number of hydrogen-bond donors (Lipinski definition) is 0. The Hall–Kier alpha value is -3.37. The summed E-state index contributed by atoms with van der Waals surface area (Å²) in [6.45, 7) is 3.29. The first-order chi connectivity index (χ1) is 16.7. The van der Waals surface area contributed by atoms with Crippen LogP contribution in [0, 0.1) is 13.8 Å². The van der Waals surface area contributed by atoms with Crippen LogP contribution in [-0.4, -0.2) is 45.4 Å². The van der Waals surface area contributed by atoms with Crippen molar-refractivity contribution in [1.82, 2.24) is 9.97 Å². The molecule has 0 N–H and O–H groups in total. The number of imide groups is 1. The van der Waals surface area contributed by atoms with Gasteiger partial charge in [0.15, 0.2) is 17.5 Å². The number of esters is 1. The molecule has 1 aliphatic rings. The molecule has 0 bridgehead atoms. The molecule has 8 nitrogen and oxygen atoms in total. The molecule has 0 spiro atoms. The van der Waals surface area contributed by atoms with E-state index in [0.29, 0.717) is 16.4 Å². The second-order valence-electron chi connectivity index (χ2n) is 7.86. The number of thioether (sulfide) groups is 1. The summed E-state index contributed by atoms with van der Waals surface area (Å²) >= 11 is 4.46. The molecule has 1 aliphatic heterocycles. The summed E-state index contributed by atoms with van der Waals surface area (Å²) in [6.07, 6.45) is 0.0296. The van der Waals surface area contributed by atoms with Gasteiger partial charge in [-0.05, 0) is 56.3 Å². The van der Waals surface area contributed by atoms with E-state index in [-0.39, 0.29) is 29.6 Å². The normalized spacial score (nSPS) is 15.4. The highest BCUT2D eigenvalue weighted by Crippen LogP contribution is 2.32. The molecule has 0 radical (unpaired) electrons. The Bertz CT molecular complexity index is 1290. The minimum absolute atomic E-state index is 0.0296. The van der Waals surface area contributed by atoms with Gasteiger partial charge in [-0.3, -0.25) is 14.4 Å². The fourth-order valence-electron chi connectivity index (χ4n) is 3.52. The van der Waals surface area contributed by atoms with Crippen LogP contribution in [0.4, 0.5) is 5.69 Å². The molecule has 0 saturated carbocycles. The van der Waals surface area contributed by atoms with Crippen LogP contribution in [0.2, 0.25) is 0 Å². The molecule has 2 aromatic carbocycles. The van der Waals surface area contributed by atoms with Crippen molar-refractivity contribution < 1.29 is 23.9 Å². The van der Waals surface area contributed by atoms with Crippen molar-refractivity contribution in [1.29, 1.82) is 0 Å². The molecule has 1 unspecified atom stereocenters. The van der Waals surface area contributed by atoms with Crippen molar-refractivity contribution in [3.8, 4) is 0 Å². The fraction of sp³-hybridized carbons (Fsp3) is 0.200. The Morgan fingerprint density at radius 1 is 1.00 bits per heavy atom. The molecule has 1 aromatic heterocycles. The van der Waals surface area contributed by atoms with E-state index in [1.807, 2.05) is 19.9 Å². The second-order valence-corrected chi connectivity index (χ2v) is 9.95. The average molecular weight is 554 g/mol. The number of rotatable bonds is 7. The summed E-state index contributed by atoms with van der Waals surface area (Å²) in [4.78, 5) is 59.9. The zero-order valence-electron chi connectivity index (χ0n) is 18.9. The summed E-state index contributed by atoms with van der Waals surface area (Å²) < 4.78 is 5.96. The van der Waals surface area contributed by atoms with Crippen molar-refractivity contribution in [2.45, 2.75) is 30.7 Å². The lowest BCUT2D eigenvalue weighted by Crippen LogP contribution is -2.31. The van der Waals surface area contributed by atoms with E-state index in [4.69, 9.17) is 4.74 Å². The number of ether oxygens (including phenoxy) is 1. The van der Waals surface area contributed by atoms with Crippen LogP contribution in [0.15, 0.2) is 64.2 Å². The molecular formula is C25H20BrN3O5S. The van der Waals surface area contributed by atoms with Gasteiger partial charge in [0.2, 0.25) is 11.8 Å². The van der Waals surface area contributed by atoms with Crippen LogP contribution in [0.3, 0.4) is 0 Å². The quantitative estimate of drug-likeness (QED) is 0.184. The summed E-state index contributed by atoms with van der Waals surface area (Å²) in [7, 11) is 0. The third-order valence-corrected chi connectivity index (χ3v) is 6.75. The number of Topliss-reactive ketones (excluding diaryl/α,β-unsaturated/α-hetero) is 1. The van der Waals surface area contributed by atoms with E-state index in [2.05, 4.69) is 25.9 Å². The maximum Gasteiger partial charge on any atom is 0.338 e. The molecule has 1 atom stereocenters. The van der Waals surface area contributed by atoms with Crippen molar-refractivity contribution in [3.05, 3.63) is 81.6 Å². The Balaban J connectivity index is 1.39. The van der Waals surface area contributed by atoms with Crippen molar-refractivity contribution in [2.24, 2.45) is 0 Å². The topological polar surface area (TPSA) is 107 Å². The molecule has 1 saturated heterocycles. The van der Waals surface area contributed by atoms with E-state index >= 15 is 0 Å². The third-order valence-electron chi connectivity index (χ3n) is 5.18. The minimum atomic E-state index is -0.679. The van der Waals surface area contributed by atoms with Crippen LogP contribution < -0.4 is 4.90 Å². The monoisotopic (exact) mass is 553 g/mol. The van der Waals surface area contributed by atoms with Crippen LogP contribution >= 0.6 is 27.7 Å². The molecule has 178 valence electrons. The standard InChI is InChI=1S/C25H20BrN3O5S/c1-14-11-15(2)28-25(27-14)35-21-12-22(31)29(23(21)32)19-9-5-17(6-10-19)24(33)34-13-20(30)16-3-7-18(26)8-4-16/h3-11,21H,12-13H2,1-2H3. The van der Waals surface area contributed by atoms with Gasteiger partial charge in [0, 0.05) is 27.8 Å². The molecule has 1 fully saturated rings. The molecular weight excluding hydrogens is 534 g/mol. The number of carbonyl (C=O) groups is 4. The lowest BCUT2D eigenvalue weighted by molar-refractivity contribution is -0.121. The maximum atomic E-state index is 12.9. The zero-order valence-corrected chi connectivity index (χ0v) is 21.3. The van der Waals surface area contributed by atoms with E-state index in [9.17, 15) is 19.2 Å². The molecule has 2 heterocycles. The number of aromatic nitrogens is 2. The lowest BCUT2D eigenvalue weighted by Gasteiger charge is -2.15. The highest BCUT2D eigenvalue weighted by Gasteiger charge is 2.40. The van der Waals surface area contributed by atoms with Gasteiger partial charge in [-0.25, -0.2) is 19.7 Å². The van der Waals surface area contributed by atoms with Gasteiger partial charge in [-0.1, -0.05) is 39.8 Å². The van der Waals surface area contributed by atoms with Gasteiger partial charge >= 0.3 is 5.97 Å². The highest BCUT2D eigenvalue weighted by molar-refractivity contribution is 9.10. The van der Waals surface area contributed by atoms with Crippen LogP contribution in [0.5, 0.6) is 0 Å². The molecule has 0 aliphatic carbocycles. The van der Waals surface area contributed by atoms with Crippen molar-refractivity contribution in [3.63, 3.8) is 0 Å². The summed E-state index contributed by atoms with van der Waals surface area (Å²) in [6, 6.07) is 14.5. The first kappa shape index (κ1) is 24.7. The van der Waals surface area contributed by atoms with E-state index in [1.165, 1.54) is 24.3 Å². The van der Waals surface area contributed by atoms with Gasteiger partial charge in [0.1, 0.15) is 5.25 Å². The van der Waals surface area contributed by atoms with Gasteiger partial charge in [0.05, 0.1) is 11.3 Å². The number of hydrogen-bond acceptors (Lipinski definition) is 8. The van der Waals surface area contributed by atoms with E-state index in [0.717, 1.165) is 32.5 Å². The van der Waals surface area contributed by atoms with Crippen LogP contribution in [-0.2, 0) is 14.3 Å². The second kappa shape index (κ2) is 10.5. The predicted octanol–water partition coefficient (Wildman–Crippen LogP) is 4.32. The number of aryl methyl sites for hydroxylation is 2. The summed E-state index contributed by atoms with van der Waals surface area (Å²) in [5, 5.41) is -0.177. The summed E-state index contributed by atoms with van der Waals surface area (Å²) in [5.41, 5.74) is 2.56. The number of carbonyl (C=O) groups excluding carboxylic acids is 4. The van der Waals surface area contributed by atoms with Crippen LogP contribution in [0.1, 0.15) is 38.5 Å². The molecule has 35 heavy (non-hydrogen) atoms. The SMILES string of the molecule is Cc1cc(C)nc(SC2CC(=O)N(c3ccc(C(=O)OCC(=O)c4ccc(Br)cc4)cc3)C2=O)n1. The molecule has 3 aromatic rings. The van der Waals surface area contributed by atoms with Gasteiger partial charge in [-0.2, -0.15) is 0 Å². The smallest absolute Gasteiger partial charge is 0.338 e. The lowest BCUT2D eigenvalue weighted by atomic mass is 10.1. The van der Waals surface area contributed by atoms with Crippen LogP contribution in [0.25, 0.3) is 0 Å². The predicted molar refractivity (Wildman–Crippen MR) is 133 cm³/mol. The number of anilines is 1. The maximum absolute atomic E-state index is 12.9. The van der Waals surface area contributed by atoms with Gasteiger partial charge in [0.25, 0.3) is 0 Å². The van der Waals surface area contributed by atoms with Crippen molar-refractivity contribution >= 4 is 56.9 Å². The summed E-state index contributed by atoms with van der Waals surface area (Å²) in [5.74, 6) is -1.71. The Kier molecular flexibility index (Phi) is 7.42. The zero-order chi connectivity index (χ0) is 25.1. The number of nitrogens with zero attached hydrogens (tertiary/aromatic N) is 3. The Morgan fingerprint density at radius 3 is 2.23 bits per heavy atom. The number of benzene rings is 2. The first-order valence-electron chi connectivity index (χ1n) is 10.6. The first-order valence-corrected chi connectivity index (χ1v) is 12.3. The highest BCUT2D eigenvalue weighted by atomic mass is 79.9.